The van der Waals surface area contributed by atoms with Gasteiger partial charge >= 0.3 is 0 Å². The van der Waals surface area contributed by atoms with Gasteiger partial charge < -0.3 is 10.2 Å². The Morgan fingerprint density at radius 1 is 0.960 bits per heavy atom. The third-order valence-electron chi connectivity index (χ3n) is 3.49. The molecule has 1 aromatic heterocycles. The lowest BCUT2D eigenvalue weighted by atomic mass is 10.2. The topological polar surface area (TPSA) is 41.1 Å². The molecule has 0 aliphatic carbocycles. The Bertz CT molecular complexity index is 602. The van der Waals surface area contributed by atoms with Gasteiger partial charge in [0.25, 0.3) is 0 Å². The summed E-state index contributed by atoms with van der Waals surface area (Å²) >= 11 is 0. The van der Waals surface area contributed by atoms with Gasteiger partial charge in [-0.3, -0.25) is 0 Å². The average molecular weight is 345 g/mol. The number of benzene rings is 1. The monoisotopic (exact) mass is 344 g/mol. The van der Waals surface area contributed by atoms with Crippen molar-refractivity contribution in [3.05, 3.63) is 36.0 Å². The van der Waals surface area contributed by atoms with Crippen LogP contribution in [0.5, 0.6) is 0 Å². The molecule has 1 saturated heterocycles. The van der Waals surface area contributed by atoms with Gasteiger partial charge in [0, 0.05) is 7.05 Å². The van der Waals surface area contributed by atoms with Crippen molar-refractivity contribution in [1.82, 2.24) is 14.9 Å². The Morgan fingerprint density at radius 2 is 1.48 bits per heavy atom. The molecule has 0 unspecified atom stereocenters. The maximum Gasteiger partial charge on any atom is 0.152 e. The number of hydrogen-bond donors (Lipinski definition) is 1. The fourth-order valence-corrected chi connectivity index (χ4v) is 2.35. The van der Waals surface area contributed by atoms with Crippen LogP contribution < -0.4 is 5.32 Å². The molecule has 0 atom stereocenters. The summed E-state index contributed by atoms with van der Waals surface area (Å²) in [5, 5.41) is 3.05. The molecule has 1 aromatic carbocycles. The first-order chi connectivity index (χ1) is 12.2. The number of rotatable bonds is 2. The number of hydrogen-bond acceptors (Lipinski definition) is 4. The summed E-state index contributed by atoms with van der Waals surface area (Å²) in [6.45, 7) is 12.6. The number of nitrogens with one attached hydrogen (secondary N) is 1. The molecule has 140 valence electrons. The number of anilines is 1. The van der Waals surface area contributed by atoms with Crippen molar-refractivity contribution in [2.24, 2.45) is 0 Å². The van der Waals surface area contributed by atoms with Crippen LogP contribution in [0.15, 0.2) is 30.3 Å². The second-order valence-corrected chi connectivity index (χ2v) is 5.21. The molecule has 2 heterocycles. The third-order valence-corrected chi connectivity index (χ3v) is 3.49. The first-order valence-electron chi connectivity index (χ1n) is 9.50. The summed E-state index contributed by atoms with van der Waals surface area (Å²) < 4.78 is 0. The van der Waals surface area contributed by atoms with Crippen LogP contribution in [0.1, 0.15) is 53.2 Å². The Balaban J connectivity index is 0.000000481. The molecule has 0 bridgehead atoms. The molecule has 4 heteroatoms. The average Bonchev–Trinajstić information content (AvgIpc) is 3.16. The SMILES string of the molecule is C/C=C/c1nc2ccccc2nc1NC.CC.CC.CN1CCCC1. The van der Waals surface area contributed by atoms with E-state index in [9.17, 15) is 0 Å². The lowest BCUT2D eigenvalue weighted by molar-refractivity contribution is 0.418. The zero-order chi connectivity index (χ0) is 19.1. The van der Waals surface area contributed by atoms with E-state index in [1.807, 2.05) is 78.1 Å². The number of nitrogens with zero attached hydrogens (tertiary/aromatic N) is 3. The number of para-hydroxylation sites is 2. The Morgan fingerprint density at radius 3 is 1.88 bits per heavy atom. The summed E-state index contributed by atoms with van der Waals surface area (Å²) in [5.74, 6) is 0.812. The summed E-state index contributed by atoms with van der Waals surface area (Å²) in [6, 6.07) is 7.86. The predicted octanol–water partition coefficient (Wildman–Crippen LogP) is 5.47. The van der Waals surface area contributed by atoms with Gasteiger partial charge in [0.15, 0.2) is 5.82 Å². The number of fused-ring (bicyclic) bond motifs is 1. The van der Waals surface area contributed by atoms with E-state index < -0.39 is 0 Å². The zero-order valence-corrected chi connectivity index (χ0v) is 17.1. The minimum absolute atomic E-state index is 0.812. The standard InChI is InChI=1S/C12H13N3.C5H11N.2C2H6/c1-3-6-11-12(13-2)15-10-8-5-4-7-9(10)14-11;1-6-4-2-3-5-6;2*1-2/h3-8H,1-2H3,(H,13,15);2-5H2,1H3;2*1-2H3/b6-3+;;;. The first-order valence-corrected chi connectivity index (χ1v) is 9.50. The first kappa shape index (κ1) is 23.1. The summed E-state index contributed by atoms with van der Waals surface area (Å²) in [4.78, 5) is 11.4. The van der Waals surface area contributed by atoms with E-state index in [4.69, 9.17) is 0 Å². The zero-order valence-electron chi connectivity index (χ0n) is 17.1. The third kappa shape index (κ3) is 8.12. The molecular formula is C21H36N4. The summed E-state index contributed by atoms with van der Waals surface area (Å²) in [5.41, 5.74) is 2.71. The number of aromatic nitrogens is 2. The van der Waals surface area contributed by atoms with Crippen LogP contribution in [0.25, 0.3) is 17.1 Å². The molecule has 0 saturated carbocycles. The van der Waals surface area contributed by atoms with Crippen LogP contribution in [0.4, 0.5) is 5.82 Å². The van der Waals surface area contributed by atoms with Gasteiger partial charge in [-0.2, -0.15) is 0 Å². The van der Waals surface area contributed by atoms with E-state index in [-0.39, 0.29) is 0 Å². The van der Waals surface area contributed by atoms with Gasteiger partial charge in [-0.25, -0.2) is 9.97 Å². The molecule has 2 aromatic rings. The lowest BCUT2D eigenvalue weighted by Gasteiger charge is -2.05. The lowest BCUT2D eigenvalue weighted by Crippen LogP contribution is -2.10. The fourth-order valence-electron chi connectivity index (χ4n) is 2.35. The Hall–Kier alpha value is -1.94. The van der Waals surface area contributed by atoms with Crippen molar-refractivity contribution < 1.29 is 0 Å². The van der Waals surface area contributed by atoms with Gasteiger partial charge in [-0.1, -0.05) is 45.9 Å². The van der Waals surface area contributed by atoms with Crippen molar-refractivity contribution in [3.8, 4) is 0 Å². The van der Waals surface area contributed by atoms with Crippen molar-refractivity contribution >= 4 is 22.9 Å². The van der Waals surface area contributed by atoms with Crippen LogP contribution >= 0.6 is 0 Å². The molecule has 1 aliphatic heterocycles. The quantitative estimate of drug-likeness (QED) is 0.784. The van der Waals surface area contributed by atoms with E-state index in [1.54, 1.807) is 0 Å². The van der Waals surface area contributed by atoms with Crippen LogP contribution in [0.3, 0.4) is 0 Å². The van der Waals surface area contributed by atoms with Gasteiger partial charge in [-0.15, -0.1) is 0 Å². The molecule has 0 radical (unpaired) electrons. The minimum atomic E-state index is 0.812. The number of allylic oxidation sites excluding steroid dienone is 1. The van der Waals surface area contributed by atoms with Crippen molar-refractivity contribution in [2.75, 3.05) is 32.5 Å². The van der Waals surface area contributed by atoms with Crippen LogP contribution in [-0.4, -0.2) is 42.1 Å². The molecule has 0 amide bonds. The Labute approximate surface area is 154 Å². The second-order valence-electron chi connectivity index (χ2n) is 5.21. The van der Waals surface area contributed by atoms with E-state index in [0.29, 0.717) is 0 Å². The highest BCUT2D eigenvalue weighted by Gasteiger charge is 2.04. The van der Waals surface area contributed by atoms with Crippen molar-refractivity contribution in [1.29, 1.82) is 0 Å². The number of likely N-dealkylation sites (tertiary alicyclic amines) is 1. The van der Waals surface area contributed by atoms with Crippen LogP contribution in [0, 0.1) is 0 Å². The molecule has 1 aliphatic rings. The maximum atomic E-state index is 4.52. The highest BCUT2D eigenvalue weighted by Crippen LogP contribution is 2.17. The van der Waals surface area contributed by atoms with Crippen molar-refractivity contribution in [2.45, 2.75) is 47.5 Å². The molecule has 0 spiro atoms. The molecule has 3 rings (SSSR count). The van der Waals surface area contributed by atoms with E-state index in [1.165, 1.54) is 25.9 Å². The van der Waals surface area contributed by atoms with Crippen LogP contribution in [-0.2, 0) is 0 Å². The highest BCUT2D eigenvalue weighted by atomic mass is 15.1. The van der Waals surface area contributed by atoms with Gasteiger partial charge in [0.1, 0.15) is 5.69 Å². The second kappa shape index (κ2) is 14.4. The Kier molecular flexibility index (Phi) is 13.3. The fraction of sp³-hybridized carbons (Fsp3) is 0.524. The molecular weight excluding hydrogens is 308 g/mol. The minimum Gasteiger partial charge on any atom is -0.371 e. The van der Waals surface area contributed by atoms with E-state index in [0.717, 1.165) is 22.5 Å². The van der Waals surface area contributed by atoms with Gasteiger partial charge in [0.2, 0.25) is 0 Å². The summed E-state index contributed by atoms with van der Waals surface area (Å²) in [6.07, 6.45) is 6.73. The van der Waals surface area contributed by atoms with E-state index >= 15 is 0 Å². The maximum absolute atomic E-state index is 4.52. The van der Waals surface area contributed by atoms with Gasteiger partial charge in [-0.05, 0) is 58.1 Å². The van der Waals surface area contributed by atoms with Gasteiger partial charge in [0.05, 0.1) is 11.0 Å². The molecule has 4 nitrogen and oxygen atoms in total. The van der Waals surface area contributed by atoms with Crippen molar-refractivity contribution in [3.63, 3.8) is 0 Å². The largest absolute Gasteiger partial charge is 0.371 e. The molecule has 25 heavy (non-hydrogen) atoms. The summed E-state index contributed by atoms with van der Waals surface area (Å²) in [7, 11) is 4.03. The highest BCUT2D eigenvalue weighted by molar-refractivity contribution is 5.78. The molecule has 1 N–H and O–H groups in total. The van der Waals surface area contributed by atoms with E-state index in [2.05, 4.69) is 27.2 Å². The molecule has 1 fully saturated rings. The normalized spacial score (nSPS) is 13.2. The smallest absolute Gasteiger partial charge is 0.152 e. The van der Waals surface area contributed by atoms with Crippen LogP contribution in [0.2, 0.25) is 0 Å². The predicted molar refractivity (Wildman–Crippen MR) is 113 cm³/mol.